The standard InChI is InChI=1S/C17H19NO2/c19-17-13-8-4-3-7-12(13)15-10-20-9-14(16(15)18-17)11-5-1-2-6-11/h3-4,7-8,11,14H,1-2,5-6,9-10H2,(H,18,19). The largest absolute Gasteiger partial charge is 0.376 e. The van der Waals surface area contributed by atoms with Crippen LogP contribution in [-0.4, -0.2) is 11.6 Å². The molecule has 104 valence electrons. The summed E-state index contributed by atoms with van der Waals surface area (Å²) in [6, 6.07) is 7.86. The SMILES string of the molecule is O=c1[nH]c2c(c3ccccc13)COCC2C1CCCC1. The van der Waals surface area contributed by atoms with Crippen molar-refractivity contribution in [1.82, 2.24) is 4.98 Å². The molecule has 0 amide bonds. The van der Waals surface area contributed by atoms with Gasteiger partial charge in [0.15, 0.2) is 0 Å². The second-order valence-electron chi connectivity index (χ2n) is 6.06. The summed E-state index contributed by atoms with van der Waals surface area (Å²) in [5.74, 6) is 1.05. The smallest absolute Gasteiger partial charge is 0.256 e. The molecule has 0 bridgehead atoms. The van der Waals surface area contributed by atoms with Gasteiger partial charge in [0.05, 0.1) is 13.2 Å². The predicted molar refractivity (Wildman–Crippen MR) is 78.9 cm³/mol. The third-order valence-electron chi connectivity index (χ3n) is 4.95. The van der Waals surface area contributed by atoms with Crippen molar-refractivity contribution in [2.75, 3.05) is 6.61 Å². The molecule has 2 heterocycles. The molecule has 1 fully saturated rings. The minimum Gasteiger partial charge on any atom is -0.376 e. The molecule has 0 spiro atoms. The van der Waals surface area contributed by atoms with Crippen LogP contribution < -0.4 is 5.56 Å². The van der Waals surface area contributed by atoms with E-state index in [1.54, 1.807) is 0 Å². The van der Waals surface area contributed by atoms with Crippen molar-refractivity contribution in [3.63, 3.8) is 0 Å². The van der Waals surface area contributed by atoms with Crippen LogP contribution in [0.1, 0.15) is 42.9 Å². The molecule has 1 N–H and O–H groups in total. The van der Waals surface area contributed by atoms with Crippen LogP contribution in [0.3, 0.4) is 0 Å². The molecular formula is C17H19NO2. The van der Waals surface area contributed by atoms with Crippen molar-refractivity contribution >= 4 is 10.8 Å². The highest BCUT2D eigenvalue weighted by Gasteiger charge is 2.32. The highest BCUT2D eigenvalue weighted by atomic mass is 16.5. The lowest BCUT2D eigenvalue weighted by molar-refractivity contribution is 0.0741. The maximum atomic E-state index is 12.3. The van der Waals surface area contributed by atoms with Crippen LogP contribution in [-0.2, 0) is 11.3 Å². The molecule has 0 saturated heterocycles. The van der Waals surface area contributed by atoms with Gasteiger partial charge in [-0.3, -0.25) is 4.79 Å². The Bertz CT molecular complexity index is 698. The quantitative estimate of drug-likeness (QED) is 0.862. The molecule has 1 aliphatic carbocycles. The zero-order valence-corrected chi connectivity index (χ0v) is 11.5. The predicted octanol–water partition coefficient (Wildman–Crippen LogP) is 3.33. The van der Waals surface area contributed by atoms with Gasteiger partial charge in [-0.25, -0.2) is 0 Å². The molecule has 3 heteroatoms. The van der Waals surface area contributed by atoms with E-state index in [0.717, 1.165) is 23.1 Å². The number of rotatable bonds is 1. The molecular weight excluding hydrogens is 250 g/mol. The average molecular weight is 269 g/mol. The average Bonchev–Trinajstić information content (AvgIpc) is 3.01. The third kappa shape index (κ3) is 1.80. The third-order valence-corrected chi connectivity index (χ3v) is 4.95. The number of fused-ring (bicyclic) bond motifs is 3. The van der Waals surface area contributed by atoms with E-state index in [0.29, 0.717) is 18.4 Å². The molecule has 1 saturated carbocycles. The topological polar surface area (TPSA) is 42.1 Å². The van der Waals surface area contributed by atoms with E-state index in [9.17, 15) is 4.79 Å². The highest BCUT2D eigenvalue weighted by molar-refractivity contribution is 5.85. The maximum absolute atomic E-state index is 12.3. The number of aromatic amines is 1. The van der Waals surface area contributed by atoms with Crippen LogP contribution in [0.4, 0.5) is 0 Å². The summed E-state index contributed by atoms with van der Waals surface area (Å²) in [5.41, 5.74) is 2.39. The van der Waals surface area contributed by atoms with E-state index in [4.69, 9.17) is 4.74 Å². The molecule has 20 heavy (non-hydrogen) atoms. The summed E-state index contributed by atoms with van der Waals surface area (Å²) in [4.78, 5) is 15.5. The Morgan fingerprint density at radius 2 is 1.85 bits per heavy atom. The molecule has 1 aromatic carbocycles. The Morgan fingerprint density at radius 1 is 1.10 bits per heavy atom. The van der Waals surface area contributed by atoms with E-state index in [1.807, 2.05) is 24.3 Å². The fourth-order valence-electron chi connectivity index (χ4n) is 3.93. The van der Waals surface area contributed by atoms with Gasteiger partial charge < -0.3 is 9.72 Å². The summed E-state index contributed by atoms with van der Waals surface area (Å²) in [6.07, 6.45) is 5.16. The van der Waals surface area contributed by atoms with Crippen molar-refractivity contribution in [1.29, 1.82) is 0 Å². The summed E-state index contributed by atoms with van der Waals surface area (Å²) in [5, 5.41) is 1.84. The molecule has 1 aromatic heterocycles. The van der Waals surface area contributed by atoms with Gasteiger partial charge in [-0.15, -0.1) is 0 Å². The lowest BCUT2D eigenvalue weighted by Gasteiger charge is -2.30. The minimum atomic E-state index is 0.0456. The summed E-state index contributed by atoms with van der Waals surface area (Å²) < 4.78 is 5.85. The van der Waals surface area contributed by atoms with Crippen LogP contribution in [0.15, 0.2) is 29.1 Å². The normalized spacial score (nSPS) is 23.1. The van der Waals surface area contributed by atoms with Crippen molar-refractivity contribution < 1.29 is 4.74 Å². The van der Waals surface area contributed by atoms with Gasteiger partial charge in [-0.1, -0.05) is 31.0 Å². The number of H-pyrrole nitrogens is 1. The first-order chi connectivity index (χ1) is 9.84. The van der Waals surface area contributed by atoms with Gasteiger partial charge >= 0.3 is 0 Å². The summed E-state index contributed by atoms with van der Waals surface area (Å²) in [6.45, 7) is 1.38. The van der Waals surface area contributed by atoms with Gasteiger partial charge in [-0.2, -0.15) is 0 Å². The second kappa shape index (κ2) is 4.74. The fourth-order valence-corrected chi connectivity index (χ4v) is 3.93. The molecule has 1 aliphatic heterocycles. The van der Waals surface area contributed by atoms with Crippen molar-refractivity contribution in [2.45, 2.75) is 38.2 Å². The lowest BCUT2D eigenvalue weighted by Crippen LogP contribution is -2.27. The first-order valence-corrected chi connectivity index (χ1v) is 7.56. The van der Waals surface area contributed by atoms with Crippen LogP contribution in [0.25, 0.3) is 10.8 Å². The fraction of sp³-hybridized carbons (Fsp3) is 0.471. The van der Waals surface area contributed by atoms with Crippen molar-refractivity contribution in [3.05, 3.63) is 45.9 Å². The van der Waals surface area contributed by atoms with Crippen LogP contribution in [0, 0.1) is 5.92 Å². The van der Waals surface area contributed by atoms with E-state index in [-0.39, 0.29) is 5.56 Å². The highest BCUT2D eigenvalue weighted by Crippen LogP contribution is 2.40. The van der Waals surface area contributed by atoms with Gasteiger partial charge in [-0.05, 0) is 30.2 Å². The van der Waals surface area contributed by atoms with E-state index in [2.05, 4.69) is 4.98 Å². The van der Waals surface area contributed by atoms with Gasteiger partial charge in [0.2, 0.25) is 0 Å². The lowest BCUT2D eigenvalue weighted by atomic mass is 9.84. The molecule has 4 rings (SSSR count). The first-order valence-electron chi connectivity index (χ1n) is 7.56. The number of benzene rings is 1. The maximum Gasteiger partial charge on any atom is 0.256 e. The number of hydrogen-bond donors (Lipinski definition) is 1. The Kier molecular flexibility index (Phi) is 2.88. The van der Waals surface area contributed by atoms with E-state index in [1.165, 1.54) is 31.2 Å². The summed E-state index contributed by atoms with van der Waals surface area (Å²) in [7, 11) is 0. The van der Waals surface area contributed by atoms with Crippen molar-refractivity contribution in [3.8, 4) is 0 Å². The van der Waals surface area contributed by atoms with E-state index < -0.39 is 0 Å². The Morgan fingerprint density at radius 3 is 2.65 bits per heavy atom. The zero-order chi connectivity index (χ0) is 13.5. The minimum absolute atomic E-state index is 0.0456. The zero-order valence-electron chi connectivity index (χ0n) is 11.5. The molecule has 0 radical (unpaired) electrons. The molecule has 2 aromatic rings. The number of nitrogens with one attached hydrogen (secondary N) is 1. The van der Waals surface area contributed by atoms with Gasteiger partial charge in [0, 0.05) is 22.6 Å². The Labute approximate surface area is 118 Å². The van der Waals surface area contributed by atoms with Crippen LogP contribution in [0.2, 0.25) is 0 Å². The molecule has 1 unspecified atom stereocenters. The first kappa shape index (κ1) is 12.2. The van der Waals surface area contributed by atoms with Crippen LogP contribution >= 0.6 is 0 Å². The van der Waals surface area contributed by atoms with Crippen LogP contribution in [0.5, 0.6) is 0 Å². The summed E-state index contributed by atoms with van der Waals surface area (Å²) >= 11 is 0. The Balaban J connectivity index is 1.91. The number of aromatic nitrogens is 1. The molecule has 3 nitrogen and oxygen atoms in total. The second-order valence-corrected chi connectivity index (χ2v) is 6.06. The molecule has 1 atom stereocenters. The van der Waals surface area contributed by atoms with Gasteiger partial charge in [0.1, 0.15) is 0 Å². The molecule has 2 aliphatic rings. The number of ether oxygens (including phenoxy) is 1. The number of pyridine rings is 1. The van der Waals surface area contributed by atoms with E-state index >= 15 is 0 Å². The van der Waals surface area contributed by atoms with Crippen molar-refractivity contribution in [2.24, 2.45) is 5.92 Å². The monoisotopic (exact) mass is 269 g/mol. The van der Waals surface area contributed by atoms with Gasteiger partial charge in [0.25, 0.3) is 5.56 Å². The Hall–Kier alpha value is -1.61. The number of hydrogen-bond acceptors (Lipinski definition) is 2.